The maximum absolute atomic E-state index is 14.7. The number of quaternary nitrogens is 1. The Morgan fingerprint density at radius 2 is 1.83 bits per heavy atom. The maximum Gasteiger partial charge on any atom is 0.197 e. The number of halogens is 1. The summed E-state index contributed by atoms with van der Waals surface area (Å²) >= 11 is 3.98. The number of hydroxylamine groups is 1. The van der Waals surface area contributed by atoms with Gasteiger partial charge in [0.2, 0.25) is 0 Å². The number of aromatic nitrogens is 2. The summed E-state index contributed by atoms with van der Waals surface area (Å²) < 4.78 is 19.6. The SMILES string of the molecule is CN(c1ccc(-c2ccc3nc(N[N+](C)(O)S)cnc3c2)cc1)c1cc(F)c(OC2CC2)c(C#N)c1. The number of anilines is 3. The average Bonchev–Trinajstić information content (AvgIpc) is 3.67. The summed E-state index contributed by atoms with van der Waals surface area (Å²) in [5, 5.41) is 19.2. The predicted molar refractivity (Wildman–Crippen MR) is 138 cm³/mol. The zero-order valence-corrected chi connectivity index (χ0v) is 20.6. The highest BCUT2D eigenvalue weighted by atomic mass is 32.1. The summed E-state index contributed by atoms with van der Waals surface area (Å²) in [6.45, 7) is 0. The second-order valence-electron chi connectivity index (χ2n) is 8.82. The Hall–Kier alpha value is -3.91. The summed E-state index contributed by atoms with van der Waals surface area (Å²) in [6, 6.07) is 18.6. The van der Waals surface area contributed by atoms with Gasteiger partial charge >= 0.3 is 0 Å². The second kappa shape index (κ2) is 9.28. The first-order chi connectivity index (χ1) is 17.2. The Bertz CT molecular complexity index is 1480. The van der Waals surface area contributed by atoms with Crippen molar-refractivity contribution in [2.45, 2.75) is 18.9 Å². The first kappa shape index (κ1) is 23.8. The van der Waals surface area contributed by atoms with Gasteiger partial charge in [-0.1, -0.05) is 18.2 Å². The number of hydrogen-bond donors (Lipinski definition) is 3. The minimum absolute atomic E-state index is 0.00571. The number of hydrogen-bond acceptors (Lipinski definition) is 8. The number of benzene rings is 3. The van der Waals surface area contributed by atoms with Crippen LogP contribution in [-0.4, -0.2) is 39.5 Å². The van der Waals surface area contributed by atoms with Crippen molar-refractivity contribution in [1.29, 1.82) is 5.26 Å². The van der Waals surface area contributed by atoms with Crippen molar-refractivity contribution < 1.29 is 18.5 Å². The van der Waals surface area contributed by atoms with Crippen molar-refractivity contribution in [3.05, 3.63) is 72.2 Å². The molecule has 1 fully saturated rings. The molecule has 1 saturated carbocycles. The van der Waals surface area contributed by atoms with Gasteiger partial charge in [0.25, 0.3) is 0 Å². The van der Waals surface area contributed by atoms with Crippen LogP contribution in [0.5, 0.6) is 5.75 Å². The van der Waals surface area contributed by atoms with Crippen LogP contribution in [0.15, 0.2) is 60.8 Å². The van der Waals surface area contributed by atoms with E-state index in [9.17, 15) is 14.9 Å². The van der Waals surface area contributed by atoms with Crippen LogP contribution in [0.1, 0.15) is 18.4 Å². The van der Waals surface area contributed by atoms with Gasteiger partial charge in [0.1, 0.15) is 25.9 Å². The lowest BCUT2D eigenvalue weighted by atomic mass is 10.0. The third kappa shape index (κ3) is 5.18. The molecule has 0 aliphatic heterocycles. The fourth-order valence-electron chi connectivity index (χ4n) is 3.82. The third-order valence-corrected chi connectivity index (χ3v) is 5.90. The molecule has 1 heterocycles. The highest BCUT2D eigenvalue weighted by Crippen LogP contribution is 2.36. The average molecular weight is 504 g/mol. The van der Waals surface area contributed by atoms with Gasteiger partial charge in [-0.2, -0.15) is 15.9 Å². The quantitative estimate of drug-likeness (QED) is 0.171. The van der Waals surface area contributed by atoms with E-state index >= 15 is 0 Å². The highest BCUT2D eigenvalue weighted by Gasteiger charge is 2.27. The summed E-state index contributed by atoms with van der Waals surface area (Å²) in [4.78, 5) is 10.7. The zero-order chi connectivity index (χ0) is 25.4. The van der Waals surface area contributed by atoms with Crippen LogP contribution in [-0.2, 0) is 0 Å². The summed E-state index contributed by atoms with van der Waals surface area (Å²) in [5.41, 5.74) is 7.61. The van der Waals surface area contributed by atoms with Crippen LogP contribution in [0.2, 0.25) is 0 Å². The van der Waals surface area contributed by atoms with E-state index in [2.05, 4.69) is 34.3 Å². The molecule has 2 N–H and O–H groups in total. The number of nitrogens with zero attached hydrogens (tertiary/aromatic N) is 5. The first-order valence-corrected chi connectivity index (χ1v) is 11.7. The smallest absolute Gasteiger partial charge is 0.197 e. The summed E-state index contributed by atoms with van der Waals surface area (Å²) in [7, 11) is 3.27. The molecule has 5 rings (SSSR count). The van der Waals surface area contributed by atoms with Crippen molar-refractivity contribution in [2.24, 2.45) is 0 Å². The van der Waals surface area contributed by atoms with E-state index in [4.69, 9.17) is 4.74 Å². The van der Waals surface area contributed by atoms with Crippen LogP contribution >= 0.6 is 12.8 Å². The molecule has 1 atom stereocenters. The Labute approximate surface area is 213 Å². The van der Waals surface area contributed by atoms with Crippen LogP contribution in [0.25, 0.3) is 22.2 Å². The van der Waals surface area contributed by atoms with Crippen LogP contribution in [0.4, 0.5) is 21.6 Å². The number of rotatable bonds is 7. The molecule has 182 valence electrons. The third-order valence-electron chi connectivity index (χ3n) is 5.80. The van der Waals surface area contributed by atoms with Gasteiger partial charge in [-0.3, -0.25) is 4.98 Å². The normalized spacial score (nSPS) is 14.7. The minimum atomic E-state index is -0.762. The molecule has 0 radical (unpaired) electrons. The number of ether oxygens (including phenoxy) is 1. The molecule has 8 nitrogen and oxygen atoms in total. The molecule has 0 saturated heterocycles. The molecule has 3 aromatic carbocycles. The fraction of sp³-hybridized carbons (Fsp3) is 0.192. The van der Waals surface area contributed by atoms with E-state index in [1.54, 1.807) is 6.07 Å². The van der Waals surface area contributed by atoms with Crippen LogP contribution < -0.4 is 15.1 Å². The van der Waals surface area contributed by atoms with Gasteiger partial charge in [0.05, 0.1) is 28.9 Å². The first-order valence-electron chi connectivity index (χ1n) is 11.3. The van der Waals surface area contributed by atoms with Crippen molar-refractivity contribution in [3.8, 4) is 22.9 Å². The second-order valence-corrected chi connectivity index (χ2v) is 9.60. The Morgan fingerprint density at radius 1 is 1.11 bits per heavy atom. The van der Waals surface area contributed by atoms with E-state index in [-0.39, 0.29) is 17.4 Å². The molecule has 0 amide bonds. The molecule has 0 spiro atoms. The molecule has 0 bridgehead atoms. The fourth-order valence-corrected chi connectivity index (χ4v) is 3.92. The van der Waals surface area contributed by atoms with E-state index in [1.165, 1.54) is 19.3 Å². The van der Waals surface area contributed by atoms with Crippen molar-refractivity contribution >= 4 is 41.0 Å². The predicted octanol–water partition coefficient (Wildman–Crippen LogP) is 5.62. The summed E-state index contributed by atoms with van der Waals surface area (Å²) in [5.74, 6) is -0.109. The molecule has 1 unspecified atom stereocenters. The van der Waals surface area contributed by atoms with Gasteiger partial charge in [-0.15, -0.1) is 0 Å². The molecule has 1 aliphatic carbocycles. The minimum Gasteiger partial charge on any atom is -0.486 e. The standard InChI is InChI=1S/C26H24FN6O2S/c1-32(20-11-18(14-28)26(22(27)13-20)35-21-8-9-21)19-6-3-16(4-7-19)17-5-10-23-24(12-17)29-15-25(30-23)31-33(2,34)36/h3-7,10-13,15,21,34,36H,8-9H2,1-2H3,(H,30,31)/q+1. The van der Waals surface area contributed by atoms with Crippen LogP contribution in [0.3, 0.4) is 0 Å². The maximum atomic E-state index is 14.7. The van der Waals surface area contributed by atoms with Crippen molar-refractivity contribution in [2.75, 3.05) is 24.4 Å². The lowest BCUT2D eigenvalue weighted by molar-refractivity contribution is -0.955. The molecule has 36 heavy (non-hydrogen) atoms. The van der Waals surface area contributed by atoms with Gasteiger partial charge in [-0.05, 0) is 58.5 Å². The summed E-state index contributed by atoms with van der Waals surface area (Å²) in [6.07, 6.45) is 3.31. The number of nitrogens with one attached hydrogen (secondary N) is 1. The Kier molecular flexibility index (Phi) is 6.14. The highest BCUT2D eigenvalue weighted by molar-refractivity contribution is 7.74. The van der Waals surface area contributed by atoms with E-state index in [1.807, 2.05) is 54.4 Å². The zero-order valence-electron chi connectivity index (χ0n) is 19.7. The van der Waals surface area contributed by atoms with E-state index < -0.39 is 9.98 Å². The van der Waals surface area contributed by atoms with Crippen molar-refractivity contribution in [3.63, 3.8) is 0 Å². The number of nitriles is 1. The number of thiol groups is 1. The monoisotopic (exact) mass is 503 g/mol. The number of fused-ring (bicyclic) bond motifs is 1. The van der Waals surface area contributed by atoms with E-state index in [0.717, 1.165) is 29.7 Å². The van der Waals surface area contributed by atoms with Crippen LogP contribution in [0, 0.1) is 17.1 Å². The van der Waals surface area contributed by atoms with Gasteiger partial charge < -0.3 is 9.64 Å². The molecule has 1 aliphatic rings. The molecular formula is C26H24FN6O2S+. The van der Waals surface area contributed by atoms with Gasteiger partial charge in [0, 0.05) is 24.5 Å². The molecule has 4 aromatic rings. The van der Waals surface area contributed by atoms with E-state index in [0.29, 0.717) is 22.5 Å². The topological polar surface area (TPSA) is 94.3 Å². The van der Waals surface area contributed by atoms with Gasteiger partial charge in [-0.25, -0.2) is 9.37 Å². The lowest BCUT2D eigenvalue weighted by Gasteiger charge is -2.21. The molecule has 1 aromatic heterocycles. The Morgan fingerprint density at radius 3 is 2.50 bits per heavy atom. The molecular weight excluding hydrogens is 479 g/mol. The largest absolute Gasteiger partial charge is 0.486 e. The lowest BCUT2D eigenvalue weighted by Crippen LogP contribution is -2.35. The van der Waals surface area contributed by atoms with Crippen molar-refractivity contribution in [1.82, 2.24) is 9.97 Å². The Balaban J connectivity index is 1.37. The van der Waals surface area contributed by atoms with Gasteiger partial charge in [0.15, 0.2) is 17.4 Å². The molecule has 10 heteroatoms.